The third kappa shape index (κ3) is 1.66. The maximum Gasteiger partial charge on any atom is 0.234 e. The van der Waals surface area contributed by atoms with Gasteiger partial charge in [-0.2, -0.15) is 0 Å². The van der Waals surface area contributed by atoms with Crippen LogP contribution < -0.4 is 0 Å². The first-order valence-corrected chi connectivity index (χ1v) is 3.38. The second-order valence-electron chi connectivity index (χ2n) is 3.03. The smallest absolute Gasteiger partial charge is 0.234 e. The van der Waals surface area contributed by atoms with E-state index in [0.717, 1.165) is 19.6 Å². The summed E-state index contributed by atoms with van der Waals surface area (Å²) in [6, 6.07) is 0. The normalized spacial score (nSPS) is 20.9. The monoisotopic (exact) mass is 141 g/mol. The van der Waals surface area contributed by atoms with Crippen LogP contribution >= 0.6 is 0 Å². The lowest BCUT2D eigenvalue weighted by Gasteiger charge is -2.37. The summed E-state index contributed by atoms with van der Waals surface area (Å²) in [6.07, 6.45) is 2.46. The van der Waals surface area contributed by atoms with Crippen molar-refractivity contribution in [1.82, 2.24) is 0 Å². The van der Waals surface area contributed by atoms with Gasteiger partial charge in [0, 0.05) is 5.41 Å². The molecule has 10 heavy (non-hydrogen) atoms. The zero-order chi connectivity index (χ0) is 7.45. The summed E-state index contributed by atoms with van der Waals surface area (Å²) in [4.78, 5) is 13.2. The van der Waals surface area contributed by atoms with Crippen LogP contribution in [0.15, 0.2) is 4.99 Å². The van der Waals surface area contributed by atoms with Crippen LogP contribution in [-0.4, -0.2) is 25.8 Å². The Morgan fingerprint density at radius 2 is 2.40 bits per heavy atom. The molecular formula is C7H11NO2. The maximum absolute atomic E-state index is 9.67. The van der Waals surface area contributed by atoms with Crippen molar-refractivity contribution in [1.29, 1.82) is 0 Å². The Morgan fingerprint density at radius 3 is 2.80 bits per heavy atom. The molecule has 1 aliphatic rings. The summed E-state index contributed by atoms with van der Waals surface area (Å²) in [5.41, 5.74) is 0.278. The molecule has 0 amide bonds. The van der Waals surface area contributed by atoms with Gasteiger partial charge in [0.2, 0.25) is 6.08 Å². The molecule has 0 unspecified atom stereocenters. The van der Waals surface area contributed by atoms with Gasteiger partial charge in [-0.05, 0) is 6.42 Å². The molecule has 0 bridgehead atoms. The quantitative estimate of drug-likeness (QED) is 0.429. The van der Waals surface area contributed by atoms with Gasteiger partial charge in [0.1, 0.15) is 0 Å². The molecule has 0 aliphatic carbocycles. The number of isocyanates is 1. The van der Waals surface area contributed by atoms with E-state index in [4.69, 9.17) is 4.74 Å². The maximum atomic E-state index is 9.67. The number of ether oxygens (including phenoxy) is 1. The fourth-order valence-electron chi connectivity index (χ4n) is 0.966. The van der Waals surface area contributed by atoms with Gasteiger partial charge in [-0.1, -0.05) is 6.92 Å². The van der Waals surface area contributed by atoms with Gasteiger partial charge in [0.05, 0.1) is 19.8 Å². The Labute approximate surface area is 60.1 Å². The van der Waals surface area contributed by atoms with Crippen LogP contribution in [0.3, 0.4) is 0 Å². The molecule has 0 saturated carbocycles. The zero-order valence-corrected chi connectivity index (χ0v) is 6.09. The van der Waals surface area contributed by atoms with Crippen molar-refractivity contribution in [2.75, 3.05) is 19.8 Å². The molecule has 3 nitrogen and oxygen atoms in total. The average Bonchev–Trinajstić information content (AvgIpc) is 1.85. The van der Waals surface area contributed by atoms with Gasteiger partial charge < -0.3 is 4.74 Å². The minimum atomic E-state index is 0.278. The van der Waals surface area contributed by atoms with Gasteiger partial charge >= 0.3 is 0 Å². The second kappa shape index (κ2) is 2.95. The van der Waals surface area contributed by atoms with E-state index in [9.17, 15) is 4.79 Å². The Balaban J connectivity index is 2.17. The van der Waals surface area contributed by atoms with Crippen LogP contribution in [0.25, 0.3) is 0 Å². The fraction of sp³-hybridized carbons (Fsp3) is 0.857. The van der Waals surface area contributed by atoms with Crippen molar-refractivity contribution in [3.8, 4) is 0 Å². The second-order valence-corrected chi connectivity index (χ2v) is 3.03. The molecule has 0 atom stereocenters. The molecule has 1 fully saturated rings. The zero-order valence-electron chi connectivity index (χ0n) is 6.09. The SMILES string of the molecule is CC1(CCN=C=O)COC1. The highest BCUT2D eigenvalue weighted by Gasteiger charge is 2.32. The molecule has 3 heteroatoms. The lowest BCUT2D eigenvalue weighted by molar-refractivity contribution is -0.104. The summed E-state index contributed by atoms with van der Waals surface area (Å²) in [5.74, 6) is 0. The molecule has 1 rings (SSSR count). The number of nitrogens with zero attached hydrogens (tertiary/aromatic N) is 1. The third-order valence-corrected chi connectivity index (χ3v) is 1.79. The summed E-state index contributed by atoms with van der Waals surface area (Å²) in [5, 5.41) is 0. The van der Waals surface area contributed by atoms with Gasteiger partial charge in [-0.25, -0.2) is 9.79 Å². The van der Waals surface area contributed by atoms with Crippen LogP contribution in [0.1, 0.15) is 13.3 Å². The van der Waals surface area contributed by atoms with Gasteiger partial charge in [-0.3, -0.25) is 0 Å². The van der Waals surface area contributed by atoms with E-state index in [-0.39, 0.29) is 5.41 Å². The predicted octanol–water partition coefficient (Wildman–Crippen LogP) is 0.749. The highest BCUT2D eigenvalue weighted by atomic mass is 16.5. The standard InChI is InChI=1S/C7H11NO2/c1-7(4-10-5-7)2-3-8-6-9/h2-5H2,1H3. The lowest BCUT2D eigenvalue weighted by Crippen LogP contribution is -2.40. The van der Waals surface area contributed by atoms with Crippen molar-refractivity contribution in [3.05, 3.63) is 0 Å². The third-order valence-electron chi connectivity index (χ3n) is 1.79. The summed E-state index contributed by atoms with van der Waals surface area (Å²) in [7, 11) is 0. The first-order chi connectivity index (χ1) is 4.77. The summed E-state index contributed by atoms with van der Waals surface area (Å²) >= 11 is 0. The predicted molar refractivity (Wildman–Crippen MR) is 36.5 cm³/mol. The van der Waals surface area contributed by atoms with Crippen molar-refractivity contribution in [3.63, 3.8) is 0 Å². The van der Waals surface area contributed by atoms with E-state index < -0.39 is 0 Å². The largest absolute Gasteiger partial charge is 0.380 e. The van der Waals surface area contributed by atoms with Crippen LogP contribution in [0.5, 0.6) is 0 Å². The molecule has 0 aromatic rings. The first-order valence-electron chi connectivity index (χ1n) is 3.38. The van der Waals surface area contributed by atoms with Gasteiger partial charge in [0.15, 0.2) is 0 Å². The molecule has 0 aromatic carbocycles. The lowest BCUT2D eigenvalue weighted by atomic mass is 9.85. The van der Waals surface area contributed by atoms with E-state index in [1.54, 1.807) is 0 Å². The van der Waals surface area contributed by atoms with Crippen LogP contribution in [0, 0.1) is 5.41 Å². The van der Waals surface area contributed by atoms with E-state index in [1.807, 2.05) is 0 Å². The number of hydrogen-bond donors (Lipinski definition) is 0. The Bertz CT molecular complexity index is 157. The highest BCUT2D eigenvalue weighted by molar-refractivity contribution is 5.32. The Hall–Kier alpha value is -0.660. The van der Waals surface area contributed by atoms with Crippen LogP contribution in [0.4, 0.5) is 0 Å². The first kappa shape index (κ1) is 7.45. The van der Waals surface area contributed by atoms with Crippen LogP contribution in [-0.2, 0) is 9.53 Å². The molecule has 1 saturated heterocycles. The Kier molecular flexibility index (Phi) is 2.20. The van der Waals surface area contributed by atoms with Crippen molar-refractivity contribution in [2.24, 2.45) is 10.4 Å². The summed E-state index contributed by atoms with van der Waals surface area (Å²) in [6.45, 7) is 4.34. The van der Waals surface area contributed by atoms with Crippen molar-refractivity contribution >= 4 is 6.08 Å². The minimum Gasteiger partial charge on any atom is -0.380 e. The number of aliphatic imine (C=N–C) groups is 1. The molecule has 0 radical (unpaired) electrons. The Morgan fingerprint density at radius 1 is 1.70 bits per heavy atom. The average molecular weight is 141 g/mol. The topological polar surface area (TPSA) is 38.7 Å². The van der Waals surface area contributed by atoms with Gasteiger partial charge in [0.25, 0.3) is 0 Å². The minimum absolute atomic E-state index is 0.278. The number of hydrogen-bond acceptors (Lipinski definition) is 3. The number of rotatable bonds is 3. The fourth-order valence-corrected chi connectivity index (χ4v) is 0.966. The number of carbonyl (C=O) groups excluding carboxylic acids is 1. The molecule has 1 heterocycles. The van der Waals surface area contributed by atoms with Gasteiger partial charge in [-0.15, -0.1) is 0 Å². The van der Waals surface area contributed by atoms with Crippen molar-refractivity contribution in [2.45, 2.75) is 13.3 Å². The molecule has 0 spiro atoms. The van der Waals surface area contributed by atoms with E-state index >= 15 is 0 Å². The van der Waals surface area contributed by atoms with Crippen LogP contribution in [0.2, 0.25) is 0 Å². The molecule has 0 N–H and O–H groups in total. The highest BCUT2D eigenvalue weighted by Crippen LogP contribution is 2.29. The molecular weight excluding hydrogens is 130 g/mol. The van der Waals surface area contributed by atoms with E-state index in [1.165, 1.54) is 6.08 Å². The van der Waals surface area contributed by atoms with Crippen molar-refractivity contribution < 1.29 is 9.53 Å². The molecule has 56 valence electrons. The molecule has 0 aromatic heterocycles. The summed E-state index contributed by atoms with van der Waals surface area (Å²) < 4.78 is 5.03. The van der Waals surface area contributed by atoms with E-state index in [0.29, 0.717) is 6.54 Å². The molecule has 1 aliphatic heterocycles. The van der Waals surface area contributed by atoms with E-state index in [2.05, 4.69) is 11.9 Å².